The van der Waals surface area contributed by atoms with Crippen LogP contribution >= 0.6 is 0 Å². The Bertz CT molecular complexity index is 298. The highest BCUT2D eigenvalue weighted by molar-refractivity contribution is 5.89. The van der Waals surface area contributed by atoms with Crippen LogP contribution in [-0.2, 0) is 4.74 Å². The fraction of sp³-hybridized carbons (Fsp3) is 0.182. The van der Waals surface area contributed by atoms with E-state index in [2.05, 4.69) is 6.58 Å². The molecule has 2 heteroatoms. The van der Waals surface area contributed by atoms with Crippen molar-refractivity contribution in [3.8, 4) is 0 Å². The Balaban J connectivity index is 2.79. The maximum Gasteiger partial charge on any atom is 0.338 e. The summed E-state index contributed by atoms with van der Waals surface area (Å²) in [6.07, 6.45) is 1.73. The Morgan fingerprint density at radius 3 is 2.54 bits per heavy atom. The van der Waals surface area contributed by atoms with Crippen LogP contribution in [-0.4, -0.2) is 12.6 Å². The number of carbonyl (C=O) groups is 1. The molecule has 0 aromatic heterocycles. The lowest BCUT2D eigenvalue weighted by atomic mass is 10.1. The van der Waals surface area contributed by atoms with E-state index in [1.807, 2.05) is 12.1 Å². The average molecular weight is 176 g/mol. The van der Waals surface area contributed by atoms with Gasteiger partial charge in [-0.25, -0.2) is 4.79 Å². The molecule has 0 amide bonds. The number of benzene rings is 1. The third-order valence-corrected chi connectivity index (χ3v) is 1.66. The second-order valence-corrected chi connectivity index (χ2v) is 2.55. The van der Waals surface area contributed by atoms with Gasteiger partial charge in [0.25, 0.3) is 0 Å². The number of rotatable bonds is 3. The van der Waals surface area contributed by atoms with Gasteiger partial charge in [0.05, 0.1) is 12.2 Å². The van der Waals surface area contributed by atoms with E-state index in [1.54, 1.807) is 25.1 Å². The minimum Gasteiger partial charge on any atom is -0.462 e. The fourth-order valence-electron chi connectivity index (χ4n) is 0.970. The molecule has 1 rings (SSSR count). The van der Waals surface area contributed by atoms with E-state index in [1.165, 1.54) is 0 Å². The highest BCUT2D eigenvalue weighted by Crippen LogP contribution is 2.06. The van der Waals surface area contributed by atoms with E-state index < -0.39 is 0 Å². The van der Waals surface area contributed by atoms with Gasteiger partial charge in [-0.15, -0.1) is 0 Å². The number of esters is 1. The van der Waals surface area contributed by atoms with Gasteiger partial charge in [-0.3, -0.25) is 0 Å². The molecular formula is C11H12O2. The van der Waals surface area contributed by atoms with Gasteiger partial charge in [0, 0.05) is 0 Å². The summed E-state index contributed by atoms with van der Waals surface area (Å²) in [6, 6.07) is 7.13. The van der Waals surface area contributed by atoms with Crippen molar-refractivity contribution in [2.75, 3.05) is 6.61 Å². The summed E-state index contributed by atoms with van der Waals surface area (Å²) >= 11 is 0. The molecular weight excluding hydrogens is 164 g/mol. The van der Waals surface area contributed by atoms with Crippen molar-refractivity contribution in [1.82, 2.24) is 0 Å². The summed E-state index contributed by atoms with van der Waals surface area (Å²) in [5.41, 5.74) is 1.57. The van der Waals surface area contributed by atoms with Crippen molar-refractivity contribution in [2.45, 2.75) is 6.92 Å². The Labute approximate surface area is 77.8 Å². The largest absolute Gasteiger partial charge is 0.462 e. The summed E-state index contributed by atoms with van der Waals surface area (Å²) < 4.78 is 4.84. The topological polar surface area (TPSA) is 26.3 Å². The van der Waals surface area contributed by atoms with Crippen molar-refractivity contribution in [2.24, 2.45) is 0 Å². The van der Waals surface area contributed by atoms with Crippen LogP contribution in [0, 0.1) is 0 Å². The highest BCUT2D eigenvalue weighted by Gasteiger charge is 2.03. The maximum atomic E-state index is 11.2. The predicted molar refractivity (Wildman–Crippen MR) is 52.5 cm³/mol. The SMILES string of the molecule is C=Cc1ccc(C(=O)OCC)cc1. The van der Waals surface area contributed by atoms with Crippen molar-refractivity contribution < 1.29 is 9.53 Å². The quantitative estimate of drug-likeness (QED) is 0.661. The van der Waals surface area contributed by atoms with Gasteiger partial charge in [-0.2, -0.15) is 0 Å². The first-order chi connectivity index (χ1) is 6.27. The standard InChI is InChI=1S/C11H12O2/c1-3-9-5-7-10(8-6-9)11(12)13-4-2/h3,5-8H,1,4H2,2H3. The Kier molecular flexibility index (Phi) is 3.26. The molecule has 0 saturated carbocycles. The van der Waals surface area contributed by atoms with E-state index in [4.69, 9.17) is 4.74 Å². The van der Waals surface area contributed by atoms with Gasteiger partial charge < -0.3 is 4.74 Å². The molecule has 0 unspecified atom stereocenters. The summed E-state index contributed by atoms with van der Waals surface area (Å²) in [4.78, 5) is 11.2. The first-order valence-electron chi connectivity index (χ1n) is 4.17. The monoisotopic (exact) mass is 176 g/mol. The smallest absolute Gasteiger partial charge is 0.338 e. The molecule has 0 spiro atoms. The second-order valence-electron chi connectivity index (χ2n) is 2.55. The Hall–Kier alpha value is -1.57. The maximum absolute atomic E-state index is 11.2. The molecule has 0 atom stereocenters. The molecule has 1 aromatic rings. The van der Waals surface area contributed by atoms with E-state index in [9.17, 15) is 4.79 Å². The third kappa shape index (κ3) is 2.44. The highest BCUT2D eigenvalue weighted by atomic mass is 16.5. The van der Waals surface area contributed by atoms with Gasteiger partial charge in [0.1, 0.15) is 0 Å². The summed E-state index contributed by atoms with van der Waals surface area (Å²) in [5.74, 6) is -0.280. The van der Waals surface area contributed by atoms with Gasteiger partial charge in [0.15, 0.2) is 0 Å². The molecule has 0 fully saturated rings. The van der Waals surface area contributed by atoms with Crippen molar-refractivity contribution >= 4 is 12.0 Å². The van der Waals surface area contributed by atoms with Gasteiger partial charge in [0.2, 0.25) is 0 Å². The summed E-state index contributed by atoms with van der Waals surface area (Å²) in [5, 5.41) is 0. The molecule has 0 aliphatic carbocycles. The zero-order chi connectivity index (χ0) is 9.68. The minimum absolute atomic E-state index is 0.280. The van der Waals surface area contributed by atoms with Crippen LogP contribution in [0.4, 0.5) is 0 Å². The van der Waals surface area contributed by atoms with Crippen molar-refractivity contribution in [3.63, 3.8) is 0 Å². The molecule has 13 heavy (non-hydrogen) atoms. The van der Waals surface area contributed by atoms with E-state index in [0.717, 1.165) is 5.56 Å². The third-order valence-electron chi connectivity index (χ3n) is 1.66. The molecule has 0 radical (unpaired) electrons. The first-order valence-corrected chi connectivity index (χ1v) is 4.17. The molecule has 0 aliphatic rings. The molecule has 0 heterocycles. The fourth-order valence-corrected chi connectivity index (χ4v) is 0.970. The summed E-state index contributed by atoms with van der Waals surface area (Å²) in [6.45, 7) is 5.82. The minimum atomic E-state index is -0.280. The van der Waals surface area contributed by atoms with E-state index in [-0.39, 0.29) is 5.97 Å². The zero-order valence-corrected chi connectivity index (χ0v) is 7.62. The number of ether oxygens (including phenoxy) is 1. The van der Waals surface area contributed by atoms with Crippen LogP contribution in [0.25, 0.3) is 6.08 Å². The molecule has 0 bridgehead atoms. The zero-order valence-electron chi connectivity index (χ0n) is 7.62. The second kappa shape index (κ2) is 4.45. The molecule has 2 nitrogen and oxygen atoms in total. The lowest BCUT2D eigenvalue weighted by molar-refractivity contribution is 0.0526. The van der Waals surface area contributed by atoms with Crippen LogP contribution in [0.2, 0.25) is 0 Å². The molecule has 0 N–H and O–H groups in total. The molecule has 68 valence electrons. The van der Waals surface area contributed by atoms with Crippen LogP contribution < -0.4 is 0 Å². The van der Waals surface area contributed by atoms with Gasteiger partial charge >= 0.3 is 5.97 Å². The van der Waals surface area contributed by atoms with E-state index in [0.29, 0.717) is 12.2 Å². The molecule has 0 saturated heterocycles. The number of carbonyl (C=O) groups excluding carboxylic acids is 1. The average Bonchev–Trinajstić information content (AvgIpc) is 2.18. The van der Waals surface area contributed by atoms with Crippen LogP contribution in [0.1, 0.15) is 22.8 Å². The number of hydrogen-bond donors (Lipinski definition) is 0. The van der Waals surface area contributed by atoms with Crippen LogP contribution in [0.3, 0.4) is 0 Å². The van der Waals surface area contributed by atoms with Crippen molar-refractivity contribution in [1.29, 1.82) is 0 Å². The summed E-state index contributed by atoms with van der Waals surface area (Å²) in [7, 11) is 0. The normalized spacial score (nSPS) is 9.31. The van der Waals surface area contributed by atoms with Crippen LogP contribution in [0.15, 0.2) is 30.8 Å². The lowest BCUT2D eigenvalue weighted by Crippen LogP contribution is -2.03. The first kappa shape index (κ1) is 9.52. The number of hydrogen-bond acceptors (Lipinski definition) is 2. The predicted octanol–water partition coefficient (Wildman–Crippen LogP) is 2.51. The van der Waals surface area contributed by atoms with Gasteiger partial charge in [-0.05, 0) is 24.6 Å². The van der Waals surface area contributed by atoms with Crippen molar-refractivity contribution in [3.05, 3.63) is 42.0 Å². The van der Waals surface area contributed by atoms with E-state index >= 15 is 0 Å². The Morgan fingerprint density at radius 2 is 2.08 bits per heavy atom. The van der Waals surface area contributed by atoms with Crippen LogP contribution in [0.5, 0.6) is 0 Å². The lowest BCUT2D eigenvalue weighted by Gasteiger charge is -2.01. The van der Waals surface area contributed by atoms with Gasteiger partial charge in [-0.1, -0.05) is 24.8 Å². The molecule has 0 aliphatic heterocycles. The molecule has 1 aromatic carbocycles. The Morgan fingerprint density at radius 1 is 1.46 bits per heavy atom.